The van der Waals surface area contributed by atoms with Crippen LogP contribution in [0.3, 0.4) is 0 Å². The Bertz CT molecular complexity index is 541. The first-order chi connectivity index (χ1) is 9.10. The van der Waals surface area contributed by atoms with Crippen molar-refractivity contribution in [1.82, 2.24) is 10.3 Å². The van der Waals surface area contributed by atoms with E-state index in [0.717, 1.165) is 6.42 Å². The van der Waals surface area contributed by atoms with Crippen molar-refractivity contribution in [2.75, 3.05) is 7.05 Å². The van der Waals surface area contributed by atoms with Gasteiger partial charge in [-0.05, 0) is 45.0 Å². The highest BCUT2D eigenvalue weighted by molar-refractivity contribution is 5.32. The number of hydrogen-bond donors (Lipinski definition) is 1. The fourth-order valence-corrected chi connectivity index (χ4v) is 2.52. The van der Waals surface area contributed by atoms with E-state index in [-0.39, 0.29) is 0 Å². The Morgan fingerprint density at radius 1 is 1.11 bits per heavy atom. The summed E-state index contributed by atoms with van der Waals surface area (Å²) >= 11 is 0. The molecular formula is C17H22N2. The lowest BCUT2D eigenvalue weighted by molar-refractivity contribution is 0.582. The van der Waals surface area contributed by atoms with Crippen molar-refractivity contribution >= 4 is 0 Å². The summed E-state index contributed by atoms with van der Waals surface area (Å²) in [6.07, 6.45) is 2.79. The van der Waals surface area contributed by atoms with E-state index in [1.165, 1.54) is 27.9 Å². The van der Waals surface area contributed by atoms with E-state index in [4.69, 9.17) is 0 Å². The van der Waals surface area contributed by atoms with E-state index < -0.39 is 0 Å². The molecule has 2 heteroatoms. The van der Waals surface area contributed by atoms with Crippen LogP contribution < -0.4 is 5.32 Å². The first-order valence-electron chi connectivity index (χ1n) is 6.76. The molecule has 100 valence electrons. The van der Waals surface area contributed by atoms with Crippen LogP contribution in [0.2, 0.25) is 0 Å². The third kappa shape index (κ3) is 3.42. The molecule has 19 heavy (non-hydrogen) atoms. The molecule has 0 saturated heterocycles. The fourth-order valence-electron chi connectivity index (χ4n) is 2.52. The lowest BCUT2D eigenvalue weighted by Crippen LogP contribution is -2.20. The highest BCUT2D eigenvalue weighted by Crippen LogP contribution is 2.21. The summed E-state index contributed by atoms with van der Waals surface area (Å²) < 4.78 is 0. The second-order valence-electron chi connectivity index (χ2n) is 5.23. The summed E-state index contributed by atoms with van der Waals surface area (Å²) in [5, 5.41) is 3.41. The molecule has 0 spiro atoms. The maximum absolute atomic E-state index is 4.50. The smallest absolute Gasteiger partial charge is 0.0451 e. The van der Waals surface area contributed by atoms with E-state index in [0.29, 0.717) is 6.04 Å². The fraction of sp³-hybridized carbons (Fsp3) is 0.353. The van der Waals surface area contributed by atoms with Crippen molar-refractivity contribution in [1.29, 1.82) is 0 Å². The average Bonchev–Trinajstić information content (AvgIpc) is 2.36. The molecule has 0 bridgehead atoms. The summed E-state index contributed by atoms with van der Waals surface area (Å²) in [5.74, 6) is 0. The minimum atomic E-state index is 0.312. The van der Waals surface area contributed by atoms with E-state index in [1.807, 2.05) is 19.3 Å². The van der Waals surface area contributed by atoms with Gasteiger partial charge in [0.25, 0.3) is 0 Å². The van der Waals surface area contributed by atoms with Gasteiger partial charge in [-0.2, -0.15) is 0 Å². The SMILES string of the molecule is CNC(Cc1ncccc1C)c1cc(C)cc(C)c1. The normalized spacial score (nSPS) is 12.4. The van der Waals surface area contributed by atoms with Gasteiger partial charge >= 0.3 is 0 Å². The Kier molecular flexibility index (Phi) is 4.33. The lowest BCUT2D eigenvalue weighted by atomic mass is 9.97. The maximum atomic E-state index is 4.50. The van der Waals surface area contributed by atoms with Crippen molar-refractivity contribution in [3.63, 3.8) is 0 Å². The Morgan fingerprint density at radius 3 is 2.37 bits per heavy atom. The van der Waals surface area contributed by atoms with Crippen LogP contribution >= 0.6 is 0 Å². The predicted molar refractivity (Wildman–Crippen MR) is 80.4 cm³/mol. The number of aromatic nitrogens is 1. The zero-order chi connectivity index (χ0) is 13.8. The molecule has 2 nitrogen and oxygen atoms in total. The monoisotopic (exact) mass is 254 g/mol. The van der Waals surface area contributed by atoms with E-state index in [1.54, 1.807) is 0 Å². The Morgan fingerprint density at radius 2 is 1.79 bits per heavy atom. The highest BCUT2D eigenvalue weighted by atomic mass is 14.9. The van der Waals surface area contributed by atoms with Gasteiger partial charge in [0.15, 0.2) is 0 Å². The van der Waals surface area contributed by atoms with Crippen molar-refractivity contribution < 1.29 is 0 Å². The molecule has 0 aliphatic carbocycles. The molecule has 0 aliphatic heterocycles. The van der Waals surface area contributed by atoms with Gasteiger partial charge in [0, 0.05) is 24.4 Å². The molecule has 1 N–H and O–H groups in total. The van der Waals surface area contributed by atoms with Crippen LogP contribution in [0, 0.1) is 20.8 Å². The lowest BCUT2D eigenvalue weighted by Gasteiger charge is -2.18. The molecule has 1 heterocycles. The number of rotatable bonds is 4. The third-order valence-corrected chi connectivity index (χ3v) is 3.51. The largest absolute Gasteiger partial charge is 0.313 e. The zero-order valence-corrected chi connectivity index (χ0v) is 12.2. The van der Waals surface area contributed by atoms with Gasteiger partial charge in [-0.25, -0.2) is 0 Å². The van der Waals surface area contributed by atoms with Gasteiger partial charge in [-0.3, -0.25) is 4.98 Å². The van der Waals surface area contributed by atoms with Gasteiger partial charge in [-0.15, -0.1) is 0 Å². The van der Waals surface area contributed by atoms with Crippen molar-refractivity contribution in [3.05, 3.63) is 64.5 Å². The topological polar surface area (TPSA) is 24.9 Å². The van der Waals surface area contributed by atoms with Gasteiger partial charge in [-0.1, -0.05) is 35.4 Å². The average molecular weight is 254 g/mol. The van der Waals surface area contributed by atoms with Crippen molar-refractivity contribution in [2.45, 2.75) is 33.2 Å². The summed E-state index contributed by atoms with van der Waals surface area (Å²) in [4.78, 5) is 4.50. The Labute approximate surface area is 115 Å². The number of aryl methyl sites for hydroxylation is 3. The minimum Gasteiger partial charge on any atom is -0.313 e. The van der Waals surface area contributed by atoms with Crippen LogP contribution in [0.1, 0.15) is 34.0 Å². The Hall–Kier alpha value is -1.67. The van der Waals surface area contributed by atoms with Crippen LogP contribution in [-0.2, 0) is 6.42 Å². The molecule has 0 aliphatic rings. The first kappa shape index (κ1) is 13.8. The maximum Gasteiger partial charge on any atom is 0.0451 e. The zero-order valence-electron chi connectivity index (χ0n) is 12.2. The number of likely N-dealkylation sites (N-methyl/N-ethyl adjacent to an activating group) is 1. The van der Waals surface area contributed by atoms with Crippen molar-refractivity contribution in [3.8, 4) is 0 Å². The Balaban J connectivity index is 2.28. The molecule has 0 saturated carbocycles. The summed E-state index contributed by atoms with van der Waals surface area (Å²) in [7, 11) is 2.01. The molecule has 1 aromatic carbocycles. The molecule has 0 radical (unpaired) electrons. The number of hydrogen-bond acceptors (Lipinski definition) is 2. The summed E-state index contributed by atoms with van der Waals surface area (Å²) in [6, 6.07) is 11.1. The molecule has 1 atom stereocenters. The molecule has 0 fully saturated rings. The number of benzene rings is 1. The predicted octanol–water partition coefficient (Wildman–Crippen LogP) is 3.51. The molecule has 2 rings (SSSR count). The van der Waals surface area contributed by atoms with Crippen molar-refractivity contribution in [2.24, 2.45) is 0 Å². The molecule has 2 aromatic rings. The van der Waals surface area contributed by atoms with Crippen LogP contribution in [0.25, 0.3) is 0 Å². The third-order valence-electron chi connectivity index (χ3n) is 3.51. The summed E-state index contributed by atoms with van der Waals surface area (Å²) in [6.45, 7) is 6.42. The molecule has 1 unspecified atom stereocenters. The quantitative estimate of drug-likeness (QED) is 0.903. The number of pyridine rings is 1. The standard InChI is InChI=1S/C17H22N2/c1-12-8-13(2)10-15(9-12)17(18-4)11-16-14(3)6-5-7-19-16/h5-10,17-18H,11H2,1-4H3. The van der Waals surface area contributed by atoms with E-state index in [2.05, 4.69) is 55.3 Å². The molecular weight excluding hydrogens is 232 g/mol. The van der Waals surface area contributed by atoms with Gasteiger partial charge in [0.2, 0.25) is 0 Å². The van der Waals surface area contributed by atoms with Crippen LogP contribution in [0.5, 0.6) is 0 Å². The second-order valence-corrected chi connectivity index (χ2v) is 5.23. The number of nitrogens with zero attached hydrogens (tertiary/aromatic N) is 1. The molecule has 0 amide bonds. The first-order valence-corrected chi connectivity index (χ1v) is 6.76. The van der Waals surface area contributed by atoms with Gasteiger partial charge in [0.05, 0.1) is 0 Å². The van der Waals surface area contributed by atoms with E-state index in [9.17, 15) is 0 Å². The van der Waals surface area contributed by atoms with Gasteiger partial charge < -0.3 is 5.32 Å². The van der Waals surface area contributed by atoms with Crippen LogP contribution in [0.4, 0.5) is 0 Å². The highest BCUT2D eigenvalue weighted by Gasteiger charge is 2.12. The van der Waals surface area contributed by atoms with E-state index >= 15 is 0 Å². The molecule has 1 aromatic heterocycles. The summed E-state index contributed by atoms with van der Waals surface area (Å²) in [5.41, 5.74) is 6.39. The van der Waals surface area contributed by atoms with Crippen LogP contribution in [-0.4, -0.2) is 12.0 Å². The second kappa shape index (κ2) is 5.98. The van der Waals surface area contributed by atoms with Gasteiger partial charge in [0.1, 0.15) is 0 Å². The minimum absolute atomic E-state index is 0.312. The number of nitrogens with one attached hydrogen (secondary N) is 1. The van der Waals surface area contributed by atoms with Crippen LogP contribution in [0.15, 0.2) is 36.5 Å².